The second-order valence-electron chi connectivity index (χ2n) is 8.76. The first-order valence-electron chi connectivity index (χ1n) is 11.4. The molecule has 0 spiro atoms. The minimum absolute atomic E-state index is 0.152. The molecule has 2 aliphatic heterocycles. The Morgan fingerprint density at radius 3 is 2.59 bits per heavy atom. The highest BCUT2D eigenvalue weighted by Crippen LogP contribution is 2.24. The number of hydrogen-bond donors (Lipinski definition) is 0. The summed E-state index contributed by atoms with van der Waals surface area (Å²) in [5.41, 5.74) is 3.04. The van der Waals surface area contributed by atoms with Crippen LogP contribution in [-0.4, -0.2) is 70.4 Å². The lowest BCUT2D eigenvalue weighted by atomic mass is 10.0. The van der Waals surface area contributed by atoms with E-state index in [1.807, 2.05) is 11.0 Å². The van der Waals surface area contributed by atoms with Gasteiger partial charge >= 0.3 is 0 Å². The molecule has 4 heterocycles. The van der Waals surface area contributed by atoms with Crippen LogP contribution in [0, 0.1) is 6.92 Å². The fourth-order valence-electron chi connectivity index (χ4n) is 5.03. The quantitative estimate of drug-likeness (QED) is 0.638. The van der Waals surface area contributed by atoms with Gasteiger partial charge in [-0.05, 0) is 43.5 Å². The van der Waals surface area contributed by atoms with Gasteiger partial charge in [0.05, 0.1) is 0 Å². The van der Waals surface area contributed by atoms with Gasteiger partial charge in [-0.3, -0.25) is 18.9 Å². The van der Waals surface area contributed by atoms with Crippen molar-refractivity contribution in [1.29, 1.82) is 0 Å². The van der Waals surface area contributed by atoms with Crippen LogP contribution in [0.4, 0.5) is 5.69 Å². The van der Waals surface area contributed by atoms with Gasteiger partial charge in [0.25, 0.3) is 11.5 Å². The average Bonchev–Trinajstić information content (AvgIpc) is 2.85. The van der Waals surface area contributed by atoms with Crippen molar-refractivity contribution in [1.82, 2.24) is 19.2 Å². The number of piperidine rings is 1. The van der Waals surface area contributed by atoms with Gasteiger partial charge < -0.3 is 9.80 Å². The van der Waals surface area contributed by atoms with Gasteiger partial charge in [0.2, 0.25) is 0 Å². The van der Waals surface area contributed by atoms with Gasteiger partial charge in [-0.15, -0.1) is 0 Å². The Bertz CT molecular complexity index is 1180. The number of rotatable bonds is 3. The molecule has 5 rings (SSSR count). The summed E-state index contributed by atoms with van der Waals surface area (Å²) in [6.45, 7) is 7.48. The van der Waals surface area contributed by atoms with Crippen LogP contribution in [0.3, 0.4) is 0 Å². The Hall–Kier alpha value is -3.19. The Kier molecular flexibility index (Phi) is 5.66. The molecule has 0 saturated carbocycles. The Morgan fingerprint density at radius 1 is 1.00 bits per heavy atom. The van der Waals surface area contributed by atoms with E-state index in [0.29, 0.717) is 24.8 Å². The molecular formula is C25H29N5O2. The first-order chi connectivity index (χ1) is 15.6. The van der Waals surface area contributed by atoms with Crippen LogP contribution in [0.2, 0.25) is 0 Å². The number of benzene rings is 1. The van der Waals surface area contributed by atoms with Gasteiger partial charge in [0.1, 0.15) is 11.2 Å². The number of anilines is 1. The predicted molar refractivity (Wildman–Crippen MR) is 125 cm³/mol. The van der Waals surface area contributed by atoms with Crippen molar-refractivity contribution in [3.63, 3.8) is 0 Å². The smallest absolute Gasteiger partial charge is 0.270 e. The minimum atomic E-state index is -0.297. The molecule has 1 aromatic carbocycles. The van der Waals surface area contributed by atoms with Crippen molar-refractivity contribution in [2.75, 3.05) is 44.2 Å². The number of likely N-dealkylation sites (tertiary alicyclic amines) is 1. The molecule has 0 aliphatic carbocycles. The molecule has 1 unspecified atom stereocenters. The summed E-state index contributed by atoms with van der Waals surface area (Å²) in [5, 5.41) is 0. The van der Waals surface area contributed by atoms with Gasteiger partial charge in [-0.1, -0.05) is 24.3 Å². The number of nitrogens with zero attached hydrogens (tertiary/aromatic N) is 5. The maximum absolute atomic E-state index is 13.2. The normalized spacial score (nSPS) is 20.0. The number of piperazine rings is 1. The van der Waals surface area contributed by atoms with Gasteiger partial charge in [0, 0.05) is 63.4 Å². The van der Waals surface area contributed by atoms with Crippen molar-refractivity contribution in [3.8, 4) is 0 Å². The van der Waals surface area contributed by atoms with E-state index in [9.17, 15) is 9.59 Å². The van der Waals surface area contributed by atoms with E-state index in [1.165, 1.54) is 21.8 Å². The lowest BCUT2D eigenvalue weighted by molar-refractivity contribution is 0.0561. The number of hydrogen-bond acceptors (Lipinski definition) is 5. The second-order valence-corrected chi connectivity index (χ2v) is 8.76. The van der Waals surface area contributed by atoms with Crippen LogP contribution in [0.15, 0.2) is 59.7 Å². The molecule has 0 bridgehead atoms. The zero-order chi connectivity index (χ0) is 22.1. The third-order valence-electron chi connectivity index (χ3n) is 6.81. The summed E-state index contributed by atoms with van der Waals surface area (Å²) in [7, 11) is 0. The highest BCUT2D eigenvalue weighted by atomic mass is 16.2. The molecular weight excluding hydrogens is 402 g/mol. The van der Waals surface area contributed by atoms with E-state index in [0.717, 1.165) is 39.0 Å². The van der Waals surface area contributed by atoms with E-state index in [-0.39, 0.29) is 17.0 Å². The van der Waals surface area contributed by atoms with Crippen molar-refractivity contribution < 1.29 is 4.79 Å². The van der Waals surface area contributed by atoms with Crippen LogP contribution in [0.25, 0.3) is 5.65 Å². The molecule has 1 amide bonds. The number of carbonyl (C=O) groups excluding carboxylic acids is 1. The summed E-state index contributed by atoms with van der Waals surface area (Å²) in [4.78, 5) is 37.2. The van der Waals surface area contributed by atoms with Crippen LogP contribution in [-0.2, 0) is 0 Å². The highest BCUT2D eigenvalue weighted by Gasteiger charge is 2.31. The fourth-order valence-corrected chi connectivity index (χ4v) is 5.03. The first kappa shape index (κ1) is 20.7. The number of pyridine rings is 1. The van der Waals surface area contributed by atoms with E-state index in [2.05, 4.69) is 46.0 Å². The third-order valence-corrected chi connectivity index (χ3v) is 6.81. The minimum Gasteiger partial charge on any atom is -0.369 e. The summed E-state index contributed by atoms with van der Waals surface area (Å²) in [6.07, 6.45) is 5.14. The van der Waals surface area contributed by atoms with Crippen LogP contribution < -0.4 is 10.5 Å². The molecule has 3 aromatic rings. The zero-order valence-corrected chi connectivity index (χ0v) is 18.5. The Balaban J connectivity index is 1.26. The molecule has 2 aromatic heterocycles. The maximum Gasteiger partial charge on any atom is 0.270 e. The molecule has 7 heteroatoms. The lowest BCUT2D eigenvalue weighted by Gasteiger charge is -2.44. The number of aryl methyl sites for hydroxylation is 1. The van der Waals surface area contributed by atoms with E-state index in [4.69, 9.17) is 0 Å². The van der Waals surface area contributed by atoms with Crippen LogP contribution >= 0.6 is 0 Å². The summed E-state index contributed by atoms with van der Waals surface area (Å²) in [6, 6.07) is 14.3. The van der Waals surface area contributed by atoms with Gasteiger partial charge in [-0.25, -0.2) is 4.98 Å². The van der Waals surface area contributed by atoms with Crippen molar-refractivity contribution in [2.24, 2.45) is 0 Å². The molecule has 2 aliphatic rings. The molecule has 1 atom stereocenters. The average molecular weight is 432 g/mol. The number of amides is 1. The summed E-state index contributed by atoms with van der Waals surface area (Å²) in [5.74, 6) is -0.205. The molecule has 166 valence electrons. The fraction of sp³-hybridized carbons (Fsp3) is 0.400. The van der Waals surface area contributed by atoms with Crippen molar-refractivity contribution in [2.45, 2.75) is 25.8 Å². The third kappa shape index (κ3) is 3.88. The van der Waals surface area contributed by atoms with Crippen molar-refractivity contribution in [3.05, 3.63) is 76.3 Å². The predicted octanol–water partition coefficient (Wildman–Crippen LogP) is 2.43. The number of aromatic nitrogens is 2. The lowest BCUT2D eigenvalue weighted by Crippen LogP contribution is -2.56. The van der Waals surface area contributed by atoms with Gasteiger partial charge in [-0.2, -0.15) is 0 Å². The SMILES string of the molecule is Cc1ccccc1N1CCN(C2CCCN(C(=O)c3cnc4ccccn4c3=O)C2)CC1. The van der Waals surface area contributed by atoms with Crippen LogP contribution in [0.5, 0.6) is 0 Å². The van der Waals surface area contributed by atoms with E-state index >= 15 is 0 Å². The first-order valence-corrected chi connectivity index (χ1v) is 11.4. The highest BCUT2D eigenvalue weighted by molar-refractivity contribution is 5.93. The van der Waals surface area contributed by atoms with E-state index in [1.54, 1.807) is 18.3 Å². The number of fused-ring (bicyclic) bond motifs is 1. The second kappa shape index (κ2) is 8.74. The molecule has 0 N–H and O–H groups in total. The standard InChI is InChI=1S/C25H29N5O2/c1-19-7-2-3-9-22(19)28-15-13-27(14-16-28)20-8-6-11-29(18-20)24(31)21-17-26-23-10-4-5-12-30(23)25(21)32/h2-5,7,9-10,12,17,20H,6,8,11,13-16,18H2,1H3. The molecule has 0 radical (unpaired) electrons. The van der Waals surface area contributed by atoms with Crippen molar-refractivity contribution >= 4 is 17.2 Å². The molecule has 2 fully saturated rings. The Morgan fingerprint density at radius 2 is 1.78 bits per heavy atom. The monoisotopic (exact) mass is 431 g/mol. The molecule has 7 nitrogen and oxygen atoms in total. The summed E-state index contributed by atoms with van der Waals surface area (Å²) >= 11 is 0. The topological polar surface area (TPSA) is 61.2 Å². The summed E-state index contributed by atoms with van der Waals surface area (Å²) < 4.78 is 1.44. The zero-order valence-electron chi connectivity index (χ0n) is 18.5. The van der Waals surface area contributed by atoms with Crippen LogP contribution in [0.1, 0.15) is 28.8 Å². The Labute approximate surface area is 187 Å². The molecule has 32 heavy (non-hydrogen) atoms. The maximum atomic E-state index is 13.2. The number of carbonyl (C=O) groups is 1. The van der Waals surface area contributed by atoms with E-state index < -0.39 is 0 Å². The largest absolute Gasteiger partial charge is 0.369 e. The van der Waals surface area contributed by atoms with Gasteiger partial charge in [0.15, 0.2) is 0 Å². The number of para-hydroxylation sites is 1. The molecule has 2 saturated heterocycles.